The van der Waals surface area contributed by atoms with Crippen LogP contribution in [0, 0.1) is 0 Å². The Kier molecular flexibility index (Phi) is 4.33. The zero-order valence-corrected chi connectivity index (χ0v) is 12.6. The van der Waals surface area contributed by atoms with Crippen LogP contribution in [-0.4, -0.2) is 26.6 Å². The van der Waals surface area contributed by atoms with Crippen molar-refractivity contribution in [3.63, 3.8) is 0 Å². The summed E-state index contributed by atoms with van der Waals surface area (Å²) in [5.74, 6) is -0.926. The van der Waals surface area contributed by atoms with E-state index in [1.165, 1.54) is 6.33 Å². The molecule has 0 aliphatic heterocycles. The van der Waals surface area contributed by atoms with Crippen molar-refractivity contribution in [3.8, 4) is 5.69 Å². The van der Waals surface area contributed by atoms with Crippen LogP contribution in [0.3, 0.4) is 0 Å². The lowest BCUT2D eigenvalue weighted by Crippen LogP contribution is -2.11. The van der Waals surface area contributed by atoms with Gasteiger partial charge < -0.3 is 10.5 Å². The number of benzene rings is 2. The molecule has 0 radical (unpaired) electrons. The number of ether oxygens (including phenoxy) is 1. The monoisotopic (exact) mass is 322 g/mol. The van der Waals surface area contributed by atoms with Crippen molar-refractivity contribution >= 4 is 11.9 Å². The molecule has 7 nitrogen and oxygen atoms in total. The standard InChI is InChI=1S/C17H14N4O3/c18-16(22)13-3-1-12(2-4-13)9-24-17(23)14-5-7-15(8-6-14)21-11-19-10-20-21/h1-8,10-11H,9H2,(H2,18,22). The van der Waals surface area contributed by atoms with Crippen molar-refractivity contribution in [1.29, 1.82) is 0 Å². The number of rotatable bonds is 5. The lowest BCUT2D eigenvalue weighted by Gasteiger charge is -2.06. The number of nitrogens with two attached hydrogens (primary N) is 1. The molecular weight excluding hydrogens is 308 g/mol. The number of primary amides is 1. The Morgan fingerprint density at radius 2 is 1.67 bits per heavy atom. The summed E-state index contributed by atoms with van der Waals surface area (Å²) >= 11 is 0. The summed E-state index contributed by atoms with van der Waals surface area (Å²) in [7, 11) is 0. The van der Waals surface area contributed by atoms with E-state index >= 15 is 0 Å². The molecule has 0 saturated heterocycles. The third-order valence-corrected chi connectivity index (χ3v) is 3.39. The van der Waals surface area contributed by atoms with Gasteiger partial charge in [-0.3, -0.25) is 4.79 Å². The SMILES string of the molecule is NC(=O)c1ccc(COC(=O)c2ccc(-n3cncn3)cc2)cc1. The van der Waals surface area contributed by atoms with E-state index in [2.05, 4.69) is 10.1 Å². The molecule has 0 unspecified atom stereocenters. The Morgan fingerprint density at radius 1 is 1.00 bits per heavy atom. The molecule has 3 rings (SSSR count). The molecule has 7 heteroatoms. The number of amides is 1. The number of nitrogens with zero attached hydrogens (tertiary/aromatic N) is 3. The molecule has 0 saturated carbocycles. The second kappa shape index (κ2) is 6.74. The quantitative estimate of drug-likeness (QED) is 0.721. The first-order chi connectivity index (χ1) is 11.6. The van der Waals surface area contributed by atoms with Crippen LogP contribution in [0.2, 0.25) is 0 Å². The normalized spacial score (nSPS) is 10.3. The van der Waals surface area contributed by atoms with Gasteiger partial charge in [0, 0.05) is 5.56 Å². The summed E-state index contributed by atoms with van der Waals surface area (Å²) in [6.45, 7) is 0.114. The number of hydrogen-bond donors (Lipinski definition) is 1. The lowest BCUT2D eigenvalue weighted by atomic mass is 10.1. The third kappa shape index (κ3) is 3.46. The van der Waals surface area contributed by atoms with Crippen LogP contribution in [0.4, 0.5) is 0 Å². The zero-order valence-electron chi connectivity index (χ0n) is 12.6. The predicted octanol–water partition coefficient (Wildman–Crippen LogP) is 1.72. The van der Waals surface area contributed by atoms with Crippen molar-refractivity contribution in [3.05, 3.63) is 77.9 Å². The summed E-state index contributed by atoms with van der Waals surface area (Å²) < 4.78 is 6.85. The van der Waals surface area contributed by atoms with Gasteiger partial charge in [0.25, 0.3) is 0 Å². The Labute approximate surface area is 137 Å². The van der Waals surface area contributed by atoms with E-state index in [1.54, 1.807) is 59.5 Å². The van der Waals surface area contributed by atoms with E-state index in [9.17, 15) is 9.59 Å². The van der Waals surface area contributed by atoms with Gasteiger partial charge in [0.2, 0.25) is 5.91 Å². The van der Waals surface area contributed by atoms with Gasteiger partial charge in [-0.1, -0.05) is 12.1 Å². The lowest BCUT2D eigenvalue weighted by molar-refractivity contribution is 0.0472. The molecule has 3 aromatic rings. The molecule has 2 aromatic carbocycles. The summed E-state index contributed by atoms with van der Waals surface area (Å²) in [6.07, 6.45) is 3.01. The summed E-state index contributed by atoms with van der Waals surface area (Å²) in [5.41, 5.74) is 7.59. The van der Waals surface area contributed by atoms with Gasteiger partial charge in [-0.15, -0.1) is 0 Å². The molecule has 0 aliphatic rings. The Hall–Kier alpha value is -3.48. The highest BCUT2D eigenvalue weighted by atomic mass is 16.5. The molecule has 0 atom stereocenters. The number of aromatic nitrogens is 3. The molecule has 0 fully saturated rings. The van der Waals surface area contributed by atoms with Crippen molar-refractivity contribution in [2.24, 2.45) is 5.73 Å². The van der Waals surface area contributed by atoms with Crippen molar-refractivity contribution in [2.75, 3.05) is 0 Å². The Bertz CT molecular complexity index is 841. The van der Waals surface area contributed by atoms with Crippen LogP contribution in [-0.2, 0) is 11.3 Å². The third-order valence-electron chi connectivity index (χ3n) is 3.39. The fourth-order valence-electron chi connectivity index (χ4n) is 2.09. The molecule has 1 amide bonds. The van der Waals surface area contributed by atoms with Crippen molar-refractivity contribution in [2.45, 2.75) is 6.61 Å². The van der Waals surface area contributed by atoms with E-state index in [4.69, 9.17) is 10.5 Å². The van der Waals surface area contributed by atoms with E-state index in [0.717, 1.165) is 11.3 Å². The number of carbonyl (C=O) groups is 2. The average Bonchev–Trinajstić information content (AvgIpc) is 3.15. The fraction of sp³-hybridized carbons (Fsp3) is 0.0588. The van der Waals surface area contributed by atoms with Gasteiger partial charge in [0.05, 0.1) is 11.3 Å². The zero-order chi connectivity index (χ0) is 16.9. The van der Waals surface area contributed by atoms with E-state index in [1.807, 2.05) is 0 Å². The summed E-state index contributed by atoms with van der Waals surface area (Å²) in [6, 6.07) is 13.4. The number of hydrogen-bond acceptors (Lipinski definition) is 5. The van der Waals surface area contributed by atoms with Crippen molar-refractivity contribution in [1.82, 2.24) is 14.8 Å². The highest BCUT2D eigenvalue weighted by Gasteiger charge is 2.08. The number of carbonyl (C=O) groups excluding carboxylic acids is 2. The van der Waals surface area contributed by atoms with Gasteiger partial charge in [0.1, 0.15) is 19.3 Å². The minimum Gasteiger partial charge on any atom is -0.457 e. The van der Waals surface area contributed by atoms with E-state index < -0.39 is 11.9 Å². The molecule has 0 bridgehead atoms. The average molecular weight is 322 g/mol. The van der Waals surface area contributed by atoms with Gasteiger partial charge in [-0.25, -0.2) is 14.5 Å². The number of esters is 1. The minimum atomic E-state index is -0.494. The second-order valence-corrected chi connectivity index (χ2v) is 5.02. The largest absolute Gasteiger partial charge is 0.457 e. The van der Waals surface area contributed by atoms with Crippen LogP contribution in [0.25, 0.3) is 5.69 Å². The molecule has 24 heavy (non-hydrogen) atoms. The molecule has 2 N–H and O–H groups in total. The first-order valence-electron chi connectivity index (χ1n) is 7.14. The van der Waals surface area contributed by atoms with Crippen molar-refractivity contribution < 1.29 is 14.3 Å². The molecule has 0 spiro atoms. The highest BCUT2D eigenvalue weighted by Crippen LogP contribution is 2.11. The fourth-order valence-corrected chi connectivity index (χ4v) is 2.09. The van der Waals surface area contributed by atoms with E-state index in [-0.39, 0.29) is 6.61 Å². The topological polar surface area (TPSA) is 100 Å². The van der Waals surface area contributed by atoms with Gasteiger partial charge in [0.15, 0.2) is 0 Å². The van der Waals surface area contributed by atoms with Crippen LogP contribution in [0.1, 0.15) is 26.3 Å². The van der Waals surface area contributed by atoms with Crippen LogP contribution < -0.4 is 5.73 Å². The first-order valence-corrected chi connectivity index (χ1v) is 7.14. The van der Waals surface area contributed by atoms with Crippen LogP contribution in [0.15, 0.2) is 61.2 Å². The molecule has 120 valence electrons. The second-order valence-electron chi connectivity index (χ2n) is 5.02. The maximum atomic E-state index is 12.1. The smallest absolute Gasteiger partial charge is 0.338 e. The first kappa shape index (κ1) is 15.4. The predicted molar refractivity (Wildman–Crippen MR) is 85.4 cm³/mol. The molecule has 1 aromatic heterocycles. The molecule has 1 heterocycles. The van der Waals surface area contributed by atoms with E-state index in [0.29, 0.717) is 11.1 Å². The Balaban J connectivity index is 1.61. The summed E-state index contributed by atoms with van der Waals surface area (Å²) in [5, 5.41) is 4.01. The Morgan fingerprint density at radius 3 is 2.25 bits per heavy atom. The summed E-state index contributed by atoms with van der Waals surface area (Å²) in [4.78, 5) is 26.9. The highest BCUT2D eigenvalue weighted by molar-refractivity contribution is 5.92. The van der Waals surface area contributed by atoms with Gasteiger partial charge in [-0.05, 0) is 42.0 Å². The molecular formula is C17H14N4O3. The molecule has 0 aliphatic carbocycles. The van der Waals surface area contributed by atoms with Crippen LogP contribution in [0.5, 0.6) is 0 Å². The van der Waals surface area contributed by atoms with Gasteiger partial charge >= 0.3 is 5.97 Å². The maximum Gasteiger partial charge on any atom is 0.338 e. The van der Waals surface area contributed by atoms with Crippen LogP contribution >= 0.6 is 0 Å². The minimum absolute atomic E-state index is 0.114. The van der Waals surface area contributed by atoms with Gasteiger partial charge in [-0.2, -0.15) is 5.10 Å². The maximum absolute atomic E-state index is 12.1.